The molecular weight excluding hydrogens is 216 g/mol. The zero-order valence-corrected chi connectivity index (χ0v) is 9.12. The molecule has 1 heterocycles. The van der Waals surface area contributed by atoms with Gasteiger partial charge in [0.05, 0.1) is 0 Å². The van der Waals surface area contributed by atoms with Gasteiger partial charge < -0.3 is 5.73 Å². The molecule has 1 rings (SSSR count). The van der Waals surface area contributed by atoms with E-state index in [-0.39, 0.29) is 11.4 Å². The minimum atomic E-state index is -3.29. The lowest BCUT2D eigenvalue weighted by Crippen LogP contribution is -2.12. The molecule has 82 valence electrons. The SMILES string of the molecule is CS(=O)(=O)c1cccc(CCC(N)=O)n1. The highest BCUT2D eigenvalue weighted by Crippen LogP contribution is 2.07. The van der Waals surface area contributed by atoms with E-state index in [1.807, 2.05) is 0 Å². The molecule has 5 nitrogen and oxygen atoms in total. The Morgan fingerprint density at radius 3 is 2.67 bits per heavy atom. The molecule has 0 aliphatic rings. The van der Waals surface area contributed by atoms with Crippen molar-refractivity contribution in [2.75, 3.05) is 6.26 Å². The first kappa shape index (κ1) is 11.6. The van der Waals surface area contributed by atoms with E-state index in [1.165, 1.54) is 6.07 Å². The van der Waals surface area contributed by atoms with Crippen LogP contribution in [-0.2, 0) is 21.1 Å². The second kappa shape index (κ2) is 4.39. The Morgan fingerprint density at radius 2 is 2.13 bits per heavy atom. The van der Waals surface area contributed by atoms with Crippen molar-refractivity contribution in [3.63, 3.8) is 0 Å². The van der Waals surface area contributed by atoms with Gasteiger partial charge in [0, 0.05) is 18.4 Å². The Kier molecular flexibility index (Phi) is 3.41. The molecule has 6 heteroatoms. The van der Waals surface area contributed by atoms with Gasteiger partial charge in [-0.3, -0.25) is 4.79 Å². The maximum atomic E-state index is 11.2. The summed E-state index contributed by atoms with van der Waals surface area (Å²) in [5.74, 6) is -0.429. The topological polar surface area (TPSA) is 90.1 Å². The molecule has 1 aromatic heterocycles. The summed E-state index contributed by atoms with van der Waals surface area (Å²) in [6, 6.07) is 4.68. The zero-order chi connectivity index (χ0) is 11.5. The van der Waals surface area contributed by atoms with Crippen molar-refractivity contribution in [3.05, 3.63) is 23.9 Å². The predicted octanol–water partition coefficient (Wildman–Crippen LogP) is -0.0970. The van der Waals surface area contributed by atoms with E-state index in [4.69, 9.17) is 5.73 Å². The fraction of sp³-hybridized carbons (Fsp3) is 0.333. The van der Waals surface area contributed by atoms with E-state index in [0.29, 0.717) is 12.1 Å². The number of nitrogens with two attached hydrogens (primary N) is 1. The van der Waals surface area contributed by atoms with Crippen LogP contribution in [0.1, 0.15) is 12.1 Å². The molecule has 0 spiro atoms. The van der Waals surface area contributed by atoms with Crippen LogP contribution in [0.4, 0.5) is 0 Å². The smallest absolute Gasteiger partial charge is 0.217 e. The Bertz CT molecular complexity index is 468. The van der Waals surface area contributed by atoms with Crippen LogP contribution in [-0.4, -0.2) is 25.6 Å². The van der Waals surface area contributed by atoms with Crippen LogP contribution < -0.4 is 5.73 Å². The highest BCUT2D eigenvalue weighted by atomic mass is 32.2. The molecule has 0 bridgehead atoms. The number of hydrogen-bond donors (Lipinski definition) is 1. The van der Waals surface area contributed by atoms with Gasteiger partial charge in [-0.1, -0.05) is 6.07 Å². The number of pyridine rings is 1. The number of sulfone groups is 1. The first-order chi connectivity index (χ1) is 6.89. The number of hydrogen-bond acceptors (Lipinski definition) is 4. The van der Waals surface area contributed by atoms with E-state index in [1.54, 1.807) is 12.1 Å². The van der Waals surface area contributed by atoms with Crippen molar-refractivity contribution in [1.29, 1.82) is 0 Å². The molecule has 1 amide bonds. The summed E-state index contributed by atoms with van der Waals surface area (Å²) in [6.45, 7) is 0. The van der Waals surface area contributed by atoms with Gasteiger partial charge in [-0.2, -0.15) is 0 Å². The van der Waals surface area contributed by atoms with E-state index < -0.39 is 15.7 Å². The van der Waals surface area contributed by atoms with E-state index in [9.17, 15) is 13.2 Å². The fourth-order valence-electron chi connectivity index (χ4n) is 1.05. The molecule has 0 radical (unpaired) electrons. The van der Waals surface area contributed by atoms with Gasteiger partial charge in [0.2, 0.25) is 5.91 Å². The van der Waals surface area contributed by atoms with Crippen molar-refractivity contribution < 1.29 is 13.2 Å². The third-order valence-electron chi connectivity index (χ3n) is 1.79. The average Bonchev–Trinajstić information content (AvgIpc) is 2.14. The van der Waals surface area contributed by atoms with Crippen LogP contribution in [0, 0.1) is 0 Å². The lowest BCUT2D eigenvalue weighted by molar-refractivity contribution is -0.118. The maximum absolute atomic E-state index is 11.2. The van der Waals surface area contributed by atoms with E-state index in [2.05, 4.69) is 4.98 Å². The van der Waals surface area contributed by atoms with Gasteiger partial charge in [-0.15, -0.1) is 0 Å². The second-order valence-corrected chi connectivity index (χ2v) is 5.17. The Morgan fingerprint density at radius 1 is 1.47 bits per heavy atom. The minimum Gasteiger partial charge on any atom is -0.370 e. The monoisotopic (exact) mass is 228 g/mol. The maximum Gasteiger partial charge on any atom is 0.217 e. The number of rotatable bonds is 4. The van der Waals surface area contributed by atoms with Gasteiger partial charge >= 0.3 is 0 Å². The van der Waals surface area contributed by atoms with Gasteiger partial charge in [-0.25, -0.2) is 13.4 Å². The minimum absolute atomic E-state index is 0.0180. The number of aromatic nitrogens is 1. The van der Waals surface area contributed by atoms with Crippen molar-refractivity contribution in [2.24, 2.45) is 5.73 Å². The lowest BCUT2D eigenvalue weighted by Gasteiger charge is -2.01. The van der Waals surface area contributed by atoms with Crippen molar-refractivity contribution in [2.45, 2.75) is 17.9 Å². The Balaban J connectivity index is 2.89. The van der Waals surface area contributed by atoms with Crippen LogP contribution >= 0.6 is 0 Å². The zero-order valence-electron chi connectivity index (χ0n) is 8.30. The first-order valence-corrected chi connectivity index (χ1v) is 6.23. The molecule has 0 aliphatic heterocycles. The molecule has 2 N–H and O–H groups in total. The number of aryl methyl sites for hydroxylation is 1. The summed E-state index contributed by atoms with van der Waals surface area (Å²) in [5, 5.41) is 0.0180. The van der Waals surface area contributed by atoms with Crippen LogP contribution in [0.25, 0.3) is 0 Å². The predicted molar refractivity (Wildman–Crippen MR) is 54.9 cm³/mol. The molecule has 0 unspecified atom stereocenters. The molecule has 0 aliphatic carbocycles. The molecule has 1 aromatic rings. The number of carbonyl (C=O) groups is 1. The van der Waals surface area contributed by atoms with Crippen molar-refractivity contribution in [3.8, 4) is 0 Å². The van der Waals surface area contributed by atoms with Crippen molar-refractivity contribution in [1.82, 2.24) is 4.98 Å². The van der Waals surface area contributed by atoms with Crippen LogP contribution in [0.5, 0.6) is 0 Å². The molecule has 15 heavy (non-hydrogen) atoms. The summed E-state index contributed by atoms with van der Waals surface area (Å²) >= 11 is 0. The lowest BCUT2D eigenvalue weighted by atomic mass is 10.2. The number of amides is 1. The quantitative estimate of drug-likeness (QED) is 0.779. The van der Waals surface area contributed by atoms with Gasteiger partial charge in [-0.05, 0) is 18.6 Å². The van der Waals surface area contributed by atoms with Gasteiger partial charge in [0.25, 0.3) is 0 Å². The third kappa shape index (κ3) is 3.67. The highest BCUT2D eigenvalue weighted by Gasteiger charge is 2.09. The summed E-state index contributed by atoms with van der Waals surface area (Å²) in [7, 11) is -3.29. The molecule has 0 atom stereocenters. The molecular formula is C9H12N2O3S. The van der Waals surface area contributed by atoms with E-state index in [0.717, 1.165) is 6.26 Å². The normalized spacial score (nSPS) is 11.3. The molecule has 0 saturated carbocycles. The fourth-order valence-corrected chi connectivity index (χ4v) is 1.66. The van der Waals surface area contributed by atoms with E-state index >= 15 is 0 Å². The molecule has 0 saturated heterocycles. The summed E-state index contributed by atoms with van der Waals surface area (Å²) in [4.78, 5) is 14.5. The number of primary amides is 1. The van der Waals surface area contributed by atoms with Gasteiger partial charge in [0.1, 0.15) is 0 Å². The molecule has 0 aromatic carbocycles. The van der Waals surface area contributed by atoms with Crippen LogP contribution in [0.3, 0.4) is 0 Å². The first-order valence-electron chi connectivity index (χ1n) is 4.34. The van der Waals surface area contributed by atoms with Gasteiger partial charge in [0.15, 0.2) is 14.9 Å². The third-order valence-corrected chi connectivity index (χ3v) is 2.78. The van der Waals surface area contributed by atoms with Crippen LogP contribution in [0.15, 0.2) is 23.2 Å². The Labute approximate surface area is 88.2 Å². The molecule has 0 fully saturated rings. The largest absolute Gasteiger partial charge is 0.370 e. The highest BCUT2D eigenvalue weighted by molar-refractivity contribution is 7.90. The van der Waals surface area contributed by atoms with Crippen molar-refractivity contribution >= 4 is 15.7 Å². The summed E-state index contributed by atoms with van der Waals surface area (Å²) < 4.78 is 22.3. The summed E-state index contributed by atoms with van der Waals surface area (Å²) in [6.07, 6.45) is 1.62. The van der Waals surface area contributed by atoms with Crippen LogP contribution in [0.2, 0.25) is 0 Å². The summed E-state index contributed by atoms with van der Waals surface area (Å²) in [5.41, 5.74) is 5.53. The number of carbonyl (C=O) groups excluding carboxylic acids is 1. The Hall–Kier alpha value is -1.43. The standard InChI is InChI=1S/C9H12N2O3S/c1-15(13,14)9-4-2-3-7(11-9)5-6-8(10)12/h2-4H,5-6H2,1H3,(H2,10,12). The number of nitrogens with zero attached hydrogens (tertiary/aromatic N) is 1. The average molecular weight is 228 g/mol. The second-order valence-electron chi connectivity index (χ2n) is 3.21.